The van der Waals surface area contributed by atoms with Crippen molar-refractivity contribution in [3.05, 3.63) is 41.6 Å². The number of anilines is 3. The van der Waals surface area contributed by atoms with Gasteiger partial charge in [-0.25, -0.2) is 4.98 Å². The van der Waals surface area contributed by atoms with Crippen molar-refractivity contribution in [1.29, 1.82) is 0 Å². The van der Waals surface area contributed by atoms with E-state index < -0.39 is 0 Å². The lowest BCUT2D eigenvalue weighted by Gasteiger charge is -2.31. The van der Waals surface area contributed by atoms with Crippen LogP contribution in [0.4, 0.5) is 17.5 Å². The van der Waals surface area contributed by atoms with E-state index in [2.05, 4.69) is 54.2 Å². The second-order valence-corrected chi connectivity index (χ2v) is 6.30. The van der Waals surface area contributed by atoms with Crippen LogP contribution in [0.5, 0.6) is 0 Å². The zero-order chi connectivity index (χ0) is 15.5. The Morgan fingerprint density at radius 2 is 2.09 bits per heavy atom. The first-order chi connectivity index (χ1) is 10.6. The number of rotatable bonds is 3. The molecule has 0 aliphatic carbocycles. The predicted octanol–water partition coefficient (Wildman–Crippen LogP) is 4.07. The van der Waals surface area contributed by atoms with Crippen LogP contribution < -0.4 is 10.2 Å². The first-order valence-electron chi connectivity index (χ1n) is 8.04. The van der Waals surface area contributed by atoms with Gasteiger partial charge in [0.2, 0.25) is 5.95 Å². The van der Waals surface area contributed by atoms with Crippen LogP contribution in [0, 0.1) is 19.8 Å². The minimum absolute atomic E-state index is 0.671. The van der Waals surface area contributed by atoms with Gasteiger partial charge in [-0.05, 0) is 55.9 Å². The number of benzene rings is 1. The van der Waals surface area contributed by atoms with E-state index in [1.165, 1.54) is 24.0 Å². The topological polar surface area (TPSA) is 41.1 Å². The maximum absolute atomic E-state index is 4.70. The molecule has 22 heavy (non-hydrogen) atoms. The van der Waals surface area contributed by atoms with Gasteiger partial charge in [0.05, 0.1) is 0 Å². The molecule has 2 heterocycles. The van der Waals surface area contributed by atoms with Crippen LogP contribution in [0.3, 0.4) is 0 Å². The molecule has 1 atom stereocenters. The maximum atomic E-state index is 4.70. The van der Waals surface area contributed by atoms with Crippen molar-refractivity contribution in [2.24, 2.45) is 5.92 Å². The Morgan fingerprint density at radius 3 is 2.91 bits per heavy atom. The Kier molecular flexibility index (Phi) is 4.27. The summed E-state index contributed by atoms with van der Waals surface area (Å²) < 4.78 is 0. The number of nitrogens with zero attached hydrogens (tertiary/aromatic N) is 3. The smallest absolute Gasteiger partial charge is 0.229 e. The van der Waals surface area contributed by atoms with Crippen LogP contribution in [0.2, 0.25) is 0 Å². The standard InChI is InChI=1S/C18H24N4/c1-13-6-5-11-22(12-13)17-9-10-19-18(21-17)20-16-8-4-7-14(2)15(16)3/h4,7-10,13H,5-6,11-12H2,1-3H3,(H,19,20,21). The third kappa shape index (κ3) is 3.21. The number of hydrogen-bond acceptors (Lipinski definition) is 4. The summed E-state index contributed by atoms with van der Waals surface area (Å²) in [6.07, 6.45) is 4.40. The van der Waals surface area contributed by atoms with Gasteiger partial charge in [-0.2, -0.15) is 4.98 Å². The zero-order valence-corrected chi connectivity index (χ0v) is 13.6. The molecule has 3 rings (SSSR count). The Labute approximate surface area is 132 Å². The molecule has 0 radical (unpaired) electrons. The minimum atomic E-state index is 0.671. The molecular weight excluding hydrogens is 272 g/mol. The van der Waals surface area contributed by atoms with Crippen LogP contribution in [-0.2, 0) is 0 Å². The Bertz CT molecular complexity index is 653. The van der Waals surface area contributed by atoms with E-state index in [9.17, 15) is 0 Å². The minimum Gasteiger partial charge on any atom is -0.356 e. The summed E-state index contributed by atoms with van der Waals surface area (Å²) in [6, 6.07) is 8.25. The van der Waals surface area contributed by atoms with Gasteiger partial charge in [0.15, 0.2) is 0 Å². The molecule has 116 valence electrons. The Hall–Kier alpha value is -2.10. The average molecular weight is 296 g/mol. The summed E-state index contributed by atoms with van der Waals surface area (Å²) in [6.45, 7) is 8.72. The molecule has 1 aromatic carbocycles. The van der Waals surface area contributed by atoms with Crippen LogP contribution in [-0.4, -0.2) is 23.1 Å². The summed E-state index contributed by atoms with van der Waals surface area (Å²) >= 11 is 0. The van der Waals surface area contributed by atoms with Gasteiger partial charge in [-0.1, -0.05) is 19.1 Å². The van der Waals surface area contributed by atoms with Crippen molar-refractivity contribution in [3.63, 3.8) is 0 Å². The fraction of sp³-hybridized carbons (Fsp3) is 0.444. The highest BCUT2D eigenvalue weighted by molar-refractivity contribution is 5.61. The molecule has 1 saturated heterocycles. The van der Waals surface area contributed by atoms with Gasteiger partial charge in [0.25, 0.3) is 0 Å². The van der Waals surface area contributed by atoms with E-state index in [1.807, 2.05) is 12.3 Å². The molecule has 1 aliphatic rings. The third-order valence-corrected chi connectivity index (χ3v) is 4.47. The van der Waals surface area contributed by atoms with Gasteiger partial charge < -0.3 is 10.2 Å². The molecule has 1 aromatic heterocycles. The van der Waals surface area contributed by atoms with Gasteiger partial charge >= 0.3 is 0 Å². The van der Waals surface area contributed by atoms with E-state index in [4.69, 9.17) is 4.98 Å². The van der Waals surface area contributed by atoms with E-state index in [1.54, 1.807) is 0 Å². The highest BCUT2D eigenvalue weighted by atomic mass is 15.2. The van der Waals surface area contributed by atoms with Crippen molar-refractivity contribution in [3.8, 4) is 0 Å². The van der Waals surface area contributed by atoms with E-state index >= 15 is 0 Å². The van der Waals surface area contributed by atoms with E-state index in [0.717, 1.165) is 30.5 Å². The molecular formula is C18H24N4. The first kappa shape index (κ1) is 14.8. The number of piperidine rings is 1. The largest absolute Gasteiger partial charge is 0.356 e. The molecule has 1 fully saturated rings. The third-order valence-electron chi connectivity index (χ3n) is 4.47. The molecule has 0 saturated carbocycles. The van der Waals surface area contributed by atoms with Crippen molar-refractivity contribution in [2.75, 3.05) is 23.3 Å². The number of aryl methyl sites for hydroxylation is 1. The average Bonchev–Trinajstić information content (AvgIpc) is 2.52. The lowest BCUT2D eigenvalue weighted by Crippen LogP contribution is -2.34. The van der Waals surface area contributed by atoms with Crippen molar-refractivity contribution in [2.45, 2.75) is 33.6 Å². The van der Waals surface area contributed by atoms with Crippen molar-refractivity contribution >= 4 is 17.5 Å². The SMILES string of the molecule is Cc1cccc(Nc2nccc(N3CCCC(C)C3)n2)c1C. The second-order valence-electron chi connectivity index (χ2n) is 6.30. The summed E-state index contributed by atoms with van der Waals surface area (Å²) in [5, 5.41) is 3.35. The quantitative estimate of drug-likeness (QED) is 0.927. The van der Waals surface area contributed by atoms with Crippen LogP contribution in [0.25, 0.3) is 0 Å². The second kappa shape index (κ2) is 6.34. The van der Waals surface area contributed by atoms with Gasteiger partial charge in [-0.3, -0.25) is 0 Å². The van der Waals surface area contributed by atoms with Crippen LogP contribution >= 0.6 is 0 Å². The van der Waals surface area contributed by atoms with Crippen molar-refractivity contribution < 1.29 is 0 Å². The fourth-order valence-corrected chi connectivity index (χ4v) is 2.99. The normalized spacial score (nSPS) is 18.3. The highest BCUT2D eigenvalue weighted by Crippen LogP contribution is 2.24. The maximum Gasteiger partial charge on any atom is 0.229 e. The van der Waals surface area contributed by atoms with E-state index in [0.29, 0.717) is 5.95 Å². The predicted molar refractivity (Wildman–Crippen MR) is 91.8 cm³/mol. The lowest BCUT2D eigenvalue weighted by atomic mass is 10.0. The fourth-order valence-electron chi connectivity index (χ4n) is 2.99. The van der Waals surface area contributed by atoms with E-state index in [-0.39, 0.29) is 0 Å². The molecule has 2 aromatic rings. The first-order valence-corrected chi connectivity index (χ1v) is 8.04. The van der Waals surface area contributed by atoms with Crippen LogP contribution in [0.1, 0.15) is 30.9 Å². The van der Waals surface area contributed by atoms with Crippen LogP contribution in [0.15, 0.2) is 30.5 Å². The summed E-state index contributed by atoms with van der Waals surface area (Å²) in [5.41, 5.74) is 3.58. The zero-order valence-electron chi connectivity index (χ0n) is 13.6. The summed E-state index contributed by atoms with van der Waals surface area (Å²) in [4.78, 5) is 11.4. The van der Waals surface area contributed by atoms with Crippen molar-refractivity contribution in [1.82, 2.24) is 9.97 Å². The summed E-state index contributed by atoms with van der Waals surface area (Å²) in [5.74, 6) is 2.43. The van der Waals surface area contributed by atoms with Gasteiger partial charge in [0.1, 0.15) is 5.82 Å². The molecule has 4 heteroatoms. The highest BCUT2D eigenvalue weighted by Gasteiger charge is 2.18. The number of nitrogens with one attached hydrogen (secondary N) is 1. The summed E-state index contributed by atoms with van der Waals surface area (Å²) in [7, 11) is 0. The molecule has 1 unspecified atom stereocenters. The molecule has 0 spiro atoms. The molecule has 4 nitrogen and oxygen atoms in total. The molecule has 1 N–H and O–H groups in total. The van der Waals surface area contributed by atoms with Gasteiger partial charge in [-0.15, -0.1) is 0 Å². The number of aromatic nitrogens is 2. The monoisotopic (exact) mass is 296 g/mol. The Balaban J connectivity index is 1.80. The lowest BCUT2D eigenvalue weighted by molar-refractivity contribution is 0.444. The Morgan fingerprint density at radius 1 is 1.23 bits per heavy atom. The molecule has 0 amide bonds. The molecule has 1 aliphatic heterocycles. The number of hydrogen-bond donors (Lipinski definition) is 1. The molecule has 0 bridgehead atoms. The van der Waals surface area contributed by atoms with Gasteiger partial charge in [0, 0.05) is 25.0 Å².